The van der Waals surface area contributed by atoms with Crippen LogP contribution in [0.3, 0.4) is 0 Å². The molecule has 0 aromatic rings. The Morgan fingerprint density at radius 2 is 1.07 bits per heavy atom. The molecule has 2 atom stereocenters. The fourth-order valence-electron chi connectivity index (χ4n) is 2.93. The molecule has 0 aliphatic rings. The van der Waals surface area contributed by atoms with Crippen molar-refractivity contribution >= 4 is 31.8 Å². The quantitative estimate of drug-likeness (QED) is 0.0761. The van der Waals surface area contributed by atoms with Crippen LogP contribution in [0.1, 0.15) is 48.0 Å². The first kappa shape index (κ1) is 31.2. The van der Waals surface area contributed by atoms with Gasteiger partial charge in [0.1, 0.15) is 0 Å². The summed E-state index contributed by atoms with van der Waals surface area (Å²) in [6, 6.07) is 0. The number of rotatable bonds is 23. The zero-order valence-electron chi connectivity index (χ0n) is 20.4. The molecule has 0 amide bonds. The second kappa shape index (κ2) is 23.4. The van der Waals surface area contributed by atoms with Gasteiger partial charge in [0.2, 0.25) is 0 Å². The first-order chi connectivity index (χ1) is 14.6. The third-order valence-corrected chi connectivity index (χ3v) is 14.2. The second-order valence-electron chi connectivity index (χ2n) is 7.20. The third-order valence-electron chi connectivity index (χ3n) is 4.31. The monoisotopic (exact) mass is 530 g/mol. The van der Waals surface area contributed by atoms with Gasteiger partial charge < -0.3 is 0 Å². The minimum atomic E-state index is -0.792. The van der Waals surface area contributed by atoms with Crippen LogP contribution in [0.2, 0.25) is 15.6 Å². The van der Waals surface area contributed by atoms with Crippen LogP contribution in [-0.4, -0.2) is 91.0 Å². The molecule has 5 nitrogen and oxygen atoms in total. The van der Waals surface area contributed by atoms with Crippen molar-refractivity contribution in [2.45, 2.75) is 82.3 Å². The van der Waals surface area contributed by atoms with Gasteiger partial charge in [0.25, 0.3) is 0 Å². The van der Waals surface area contributed by atoms with Gasteiger partial charge in [-0.1, -0.05) is 0 Å². The fraction of sp³-hybridized carbons (Fsp3) is 1.00. The second-order valence-corrected chi connectivity index (χ2v) is 15.6. The molecule has 30 heavy (non-hydrogen) atoms. The van der Waals surface area contributed by atoms with E-state index in [9.17, 15) is 0 Å². The number of ether oxygens (including phenoxy) is 5. The summed E-state index contributed by atoms with van der Waals surface area (Å²) in [6.45, 7) is 16.3. The van der Waals surface area contributed by atoms with Crippen LogP contribution < -0.4 is 0 Å². The molecule has 0 radical (unpaired) electrons. The molecule has 0 aromatic heterocycles. The summed E-state index contributed by atoms with van der Waals surface area (Å²) in [7, 11) is 1.89. The van der Waals surface area contributed by atoms with E-state index in [1.165, 1.54) is 34.4 Å². The molecule has 0 heterocycles. The molecule has 0 aromatic carbocycles. The molecule has 0 fully saturated rings. The van der Waals surface area contributed by atoms with E-state index in [0.29, 0.717) is 6.10 Å². The van der Waals surface area contributed by atoms with Crippen molar-refractivity contribution in [2.24, 2.45) is 0 Å². The molecule has 8 heteroatoms. The number of hydrogen-bond donors (Lipinski definition) is 0. The predicted molar refractivity (Wildman–Crippen MR) is 136 cm³/mol. The van der Waals surface area contributed by atoms with Gasteiger partial charge in [0.15, 0.2) is 0 Å². The normalized spacial score (nSPS) is 13.9. The van der Waals surface area contributed by atoms with Gasteiger partial charge in [-0.05, 0) is 0 Å². The Hall–Kier alpha value is 1.22. The molecule has 0 saturated heterocycles. The van der Waals surface area contributed by atoms with E-state index in [0.717, 1.165) is 62.5 Å². The van der Waals surface area contributed by atoms with Crippen LogP contribution in [0.4, 0.5) is 0 Å². The standard InChI is InChI=1S/C22H49AsO5P2/c1-7-24-21(25-8-2)18-29-16-13-23(12-11-15-28-20(5)6)14-17-30-19-22(26-9-3)27-10-4/h20-22,29-30H,7-19H2,1-6H3. The maximum atomic E-state index is 5.77. The van der Waals surface area contributed by atoms with Gasteiger partial charge in [0.05, 0.1) is 0 Å². The zero-order valence-corrected chi connectivity index (χ0v) is 24.3. The Morgan fingerprint density at radius 1 is 0.633 bits per heavy atom. The average Bonchev–Trinajstić information content (AvgIpc) is 2.71. The van der Waals surface area contributed by atoms with Crippen LogP contribution in [-0.2, 0) is 23.7 Å². The van der Waals surface area contributed by atoms with E-state index in [-0.39, 0.29) is 12.6 Å². The third kappa shape index (κ3) is 19.9. The van der Waals surface area contributed by atoms with E-state index >= 15 is 0 Å². The van der Waals surface area contributed by atoms with Crippen LogP contribution in [0, 0.1) is 0 Å². The van der Waals surface area contributed by atoms with Crippen LogP contribution in [0.15, 0.2) is 0 Å². The molecule has 182 valence electrons. The predicted octanol–water partition coefficient (Wildman–Crippen LogP) is 5.45. The summed E-state index contributed by atoms with van der Waals surface area (Å²) >= 11 is -0.792. The van der Waals surface area contributed by atoms with Crippen LogP contribution in [0.5, 0.6) is 0 Å². The summed E-state index contributed by atoms with van der Waals surface area (Å²) < 4.78 is 28.5. The van der Waals surface area contributed by atoms with E-state index in [2.05, 4.69) is 13.8 Å². The van der Waals surface area contributed by atoms with E-state index in [4.69, 9.17) is 23.7 Å². The van der Waals surface area contributed by atoms with Gasteiger partial charge in [-0.25, -0.2) is 0 Å². The molecule has 0 saturated carbocycles. The first-order valence-corrected chi connectivity index (χ1v) is 18.6. The summed E-state index contributed by atoms with van der Waals surface area (Å²) in [5.74, 6) is 0. The number of hydrogen-bond acceptors (Lipinski definition) is 5. The van der Waals surface area contributed by atoms with Crippen molar-refractivity contribution in [2.75, 3.05) is 57.7 Å². The van der Waals surface area contributed by atoms with E-state index < -0.39 is 14.7 Å². The van der Waals surface area contributed by atoms with Gasteiger partial charge >= 0.3 is 195 Å². The molecule has 0 N–H and O–H groups in total. The van der Waals surface area contributed by atoms with Gasteiger partial charge in [-0.15, -0.1) is 0 Å². The molecule has 0 aliphatic heterocycles. The average molecular weight is 530 g/mol. The molecular weight excluding hydrogens is 481 g/mol. The van der Waals surface area contributed by atoms with Crippen LogP contribution >= 0.6 is 17.2 Å². The topological polar surface area (TPSA) is 46.2 Å². The van der Waals surface area contributed by atoms with Crippen molar-refractivity contribution in [3.63, 3.8) is 0 Å². The van der Waals surface area contributed by atoms with E-state index in [1.54, 1.807) is 0 Å². The van der Waals surface area contributed by atoms with Crippen molar-refractivity contribution in [3.05, 3.63) is 0 Å². The van der Waals surface area contributed by atoms with Gasteiger partial charge in [-0.2, -0.15) is 0 Å². The Kier molecular flexibility index (Phi) is 24.3. The van der Waals surface area contributed by atoms with Crippen molar-refractivity contribution in [1.29, 1.82) is 0 Å². The molecule has 0 bridgehead atoms. The van der Waals surface area contributed by atoms with E-state index in [1.807, 2.05) is 27.7 Å². The van der Waals surface area contributed by atoms with Crippen LogP contribution in [0.25, 0.3) is 0 Å². The molecule has 0 spiro atoms. The molecule has 0 rings (SSSR count). The zero-order chi connectivity index (χ0) is 22.5. The summed E-state index contributed by atoms with van der Waals surface area (Å²) in [6.07, 6.45) is 6.33. The van der Waals surface area contributed by atoms with Gasteiger partial charge in [0, 0.05) is 0 Å². The Morgan fingerprint density at radius 3 is 1.43 bits per heavy atom. The minimum absolute atomic E-state index is 0.00530. The SMILES string of the molecule is CCOC(CPCC[As](CCCOC(C)C)CCPCC(OCC)OCC)OCC. The van der Waals surface area contributed by atoms with Crippen molar-refractivity contribution < 1.29 is 23.7 Å². The summed E-state index contributed by atoms with van der Waals surface area (Å²) in [4.78, 5) is 0. The van der Waals surface area contributed by atoms with Gasteiger partial charge in [-0.3, -0.25) is 0 Å². The Balaban J connectivity index is 4.25. The Labute approximate surface area is 195 Å². The fourth-order valence-corrected chi connectivity index (χ4v) is 13.8. The molecular formula is C22H49AsO5P2. The van der Waals surface area contributed by atoms with Crippen molar-refractivity contribution in [3.8, 4) is 0 Å². The van der Waals surface area contributed by atoms with Crippen molar-refractivity contribution in [1.82, 2.24) is 0 Å². The Bertz CT molecular complexity index is 317. The summed E-state index contributed by atoms with van der Waals surface area (Å²) in [5.41, 5.74) is 0. The molecule has 0 aliphatic carbocycles. The summed E-state index contributed by atoms with van der Waals surface area (Å²) in [5, 5.41) is 4.31. The molecule has 2 unspecified atom stereocenters. The first-order valence-electron chi connectivity index (χ1n) is 11.8. The maximum absolute atomic E-state index is 5.77.